The van der Waals surface area contributed by atoms with Crippen molar-refractivity contribution in [3.05, 3.63) is 0 Å². The molecule has 0 aromatic heterocycles. The molecule has 2 heterocycles. The van der Waals surface area contributed by atoms with Crippen molar-refractivity contribution in [2.45, 2.75) is 61.4 Å². The third kappa shape index (κ3) is 4.86. The van der Waals surface area contributed by atoms with Crippen LogP contribution in [0.3, 0.4) is 0 Å². The van der Waals surface area contributed by atoms with E-state index < -0.39 is 74.6 Å². The van der Waals surface area contributed by atoms with E-state index in [1.54, 1.807) is 0 Å². The molecular weight excluding hydrogens is 360 g/mol. The molecule has 2 aliphatic rings. The summed E-state index contributed by atoms with van der Waals surface area (Å²) in [7, 11) is 0. The van der Waals surface area contributed by atoms with E-state index in [9.17, 15) is 30.6 Å². The first kappa shape index (κ1) is 21.8. The number of hydrogen-bond acceptors (Lipinski definition) is 12. The predicted octanol–water partition coefficient (Wildman–Crippen LogP) is -5.38. The zero-order valence-corrected chi connectivity index (χ0v) is 13.8. The van der Waals surface area contributed by atoms with Gasteiger partial charge in [0.25, 0.3) is 0 Å². The fourth-order valence-electron chi connectivity index (χ4n) is 2.64. The molecule has 2 saturated heterocycles. The second-order valence-corrected chi connectivity index (χ2v) is 6.22. The zero-order valence-electron chi connectivity index (χ0n) is 13.8. The summed E-state index contributed by atoms with van der Waals surface area (Å²) in [4.78, 5) is 0. The second-order valence-electron chi connectivity index (χ2n) is 6.22. The maximum absolute atomic E-state index is 10.1. The summed E-state index contributed by atoms with van der Waals surface area (Å²) in [5, 5.41) is 76.6. The first-order valence-corrected chi connectivity index (χ1v) is 8.14. The lowest BCUT2D eigenvalue weighted by molar-refractivity contribution is -0.344. The minimum atomic E-state index is -1.66. The molecule has 0 unspecified atom stereocenters. The number of ether oxygens (including phenoxy) is 4. The molecule has 0 bridgehead atoms. The maximum Gasteiger partial charge on any atom is 0.187 e. The molecule has 0 amide bonds. The van der Waals surface area contributed by atoms with Gasteiger partial charge in [0.1, 0.15) is 48.8 Å². The summed E-state index contributed by atoms with van der Waals surface area (Å²) in [5.41, 5.74) is 0. The molecule has 154 valence electrons. The van der Waals surface area contributed by atoms with Gasteiger partial charge in [0.2, 0.25) is 0 Å². The minimum absolute atomic E-state index is 0.285. The number of rotatable bonds is 7. The molecule has 0 spiro atoms. The molecule has 8 N–H and O–H groups in total. The fourth-order valence-corrected chi connectivity index (χ4v) is 2.64. The molecule has 0 saturated carbocycles. The van der Waals surface area contributed by atoms with Crippen LogP contribution in [0.5, 0.6) is 0 Å². The summed E-state index contributed by atoms with van der Waals surface area (Å²) in [6.07, 6.45) is -14.2. The van der Waals surface area contributed by atoms with Crippen molar-refractivity contribution in [3.63, 3.8) is 0 Å². The first-order chi connectivity index (χ1) is 12.3. The van der Waals surface area contributed by atoms with Crippen molar-refractivity contribution in [1.82, 2.24) is 0 Å². The highest BCUT2D eigenvalue weighted by atomic mass is 16.7. The van der Waals surface area contributed by atoms with Crippen molar-refractivity contribution in [2.24, 2.45) is 0 Å². The van der Waals surface area contributed by atoms with E-state index in [2.05, 4.69) is 0 Å². The molecule has 2 fully saturated rings. The third-order valence-corrected chi connectivity index (χ3v) is 4.26. The van der Waals surface area contributed by atoms with Crippen LogP contribution < -0.4 is 0 Å². The standard InChI is InChI=1S/C14H26O12/c15-1-5(17)3-23-13-11(21)9(19)7(4-24-13)26-14-12(22)10(20)8(18)6(2-16)25-14/h5-22H,1-4H2/t5-,6-,7-,8+,9+,10+,11-,12-,13-,14+/m1/s1. The molecule has 0 aliphatic carbocycles. The van der Waals surface area contributed by atoms with E-state index in [0.29, 0.717) is 0 Å². The average molecular weight is 386 g/mol. The average Bonchev–Trinajstić information content (AvgIpc) is 2.64. The SMILES string of the molecule is OC[C@@H](O)CO[C@@H]1OC[C@@H](O[C@@H]2O[C@H](CO)[C@H](O)[C@H](O)[C@H]2O)[C@H](O)[C@H]1O. The van der Waals surface area contributed by atoms with Crippen LogP contribution in [-0.2, 0) is 18.9 Å². The van der Waals surface area contributed by atoms with Crippen molar-refractivity contribution >= 4 is 0 Å². The van der Waals surface area contributed by atoms with Gasteiger partial charge in [0, 0.05) is 0 Å². The van der Waals surface area contributed by atoms with Gasteiger partial charge in [0.15, 0.2) is 12.6 Å². The molecule has 10 atom stereocenters. The third-order valence-electron chi connectivity index (χ3n) is 4.26. The molecular formula is C14H26O12. The van der Waals surface area contributed by atoms with Crippen molar-refractivity contribution in [3.8, 4) is 0 Å². The van der Waals surface area contributed by atoms with Crippen LogP contribution in [-0.4, -0.2) is 129 Å². The molecule has 0 aromatic rings. The molecule has 2 aliphatic heterocycles. The van der Waals surface area contributed by atoms with Crippen LogP contribution in [0.25, 0.3) is 0 Å². The Labute approximate surface area is 148 Å². The maximum atomic E-state index is 10.1. The monoisotopic (exact) mass is 386 g/mol. The van der Waals surface area contributed by atoms with E-state index in [1.165, 1.54) is 0 Å². The molecule has 12 nitrogen and oxygen atoms in total. The Hall–Kier alpha value is -0.480. The van der Waals surface area contributed by atoms with Gasteiger partial charge in [-0.3, -0.25) is 0 Å². The molecule has 26 heavy (non-hydrogen) atoms. The highest BCUT2D eigenvalue weighted by molar-refractivity contribution is 4.91. The molecule has 2 rings (SSSR count). The van der Waals surface area contributed by atoms with E-state index in [-0.39, 0.29) is 13.2 Å². The zero-order chi connectivity index (χ0) is 19.4. The largest absolute Gasteiger partial charge is 0.394 e. The lowest BCUT2D eigenvalue weighted by Crippen LogP contribution is -2.62. The van der Waals surface area contributed by atoms with Crippen molar-refractivity contribution in [1.29, 1.82) is 0 Å². The van der Waals surface area contributed by atoms with Gasteiger partial charge in [-0.25, -0.2) is 0 Å². The predicted molar refractivity (Wildman–Crippen MR) is 79.4 cm³/mol. The van der Waals surface area contributed by atoms with Gasteiger partial charge in [-0.05, 0) is 0 Å². The van der Waals surface area contributed by atoms with Gasteiger partial charge in [0.05, 0.1) is 26.4 Å². The van der Waals surface area contributed by atoms with E-state index >= 15 is 0 Å². The van der Waals surface area contributed by atoms with Gasteiger partial charge in [-0.1, -0.05) is 0 Å². The van der Waals surface area contributed by atoms with Gasteiger partial charge >= 0.3 is 0 Å². The topological polar surface area (TPSA) is 199 Å². The minimum Gasteiger partial charge on any atom is -0.394 e. The second kappa shape index (κ2) is 9.64. The quantitative estimate of drug-likeness (QED) is 0.207. The van der Waals surface area contributed by atoms with Gasteiger partial charge < -0.3 is 59.8 Å². The lowest BCUT2D eigenvalue weighted by atomic mass is 9.99. The summed E-state index contributed by atoms with van der Waals surface area (Å²) < 4.78 is 20.8. The summed E-state index contributed by atoms with van der Waals surface area (Å²) >= 11 is 0. The van der Waals surface area contributed by atoms with Crippen LogP contribution in [0.15, 0.2) is 0 Å². The van der Waals surface area contributed by atoms with E-state index in [1.807, 2.05) is 0 Å². The molecule has 0 radical (unpaired) electrons. The smallest absolute Gasteiger partial charge is 0.187 e. The number of aliphatic hydroxyl groups is 8. The highest BCUT2D eigenvalue weighted by Crippen LogP contribution is 2.26. The van der Waals surface area contributed by atoms with Crippen LogP contribution in [0.2, 0.25) is 0 Å². The highest BCUT2D eigenvalue weighted by Gasteiger charge is 2.47. The molecule has 0 aromatic carbocycles. The van der Waals surface area contributed by atoms with E-state index in [0.717, 1.165) is 0 Å². The summed E-state index contributed by atoms with van der Waals surface area (Å²) in [6.45, 7) is -1.80. The Morgan fingerprint density at radius 1 is 0.885 bits per heavy atom. The van der Waals surface area contributed by atoms with Crippen molar-refractivity contribution < 1.29 is 59.8 Å². The van der Waals surface area contributed by atoms with Gasteiger partial charge in [-0.15, -0.1) is 0 Å². The summed E-state index contributed by atoms with van der Waals surface area (Å²) in [5.74, 6) is 0. The van der Waals surface area contributed by atoms with Gasteiger partial charge in [-0.2, -0.15) is 0 Å². The van der Waals surface area contributed by atoms with Crippen LogP contribution in [0, 0.1) is 0 Å². The van der Waals surface area contributed by atoms with Crippen LogP contribution in [0.1, 0.15) is 0 Å². The normalized spacial score (nSPS) is 45.5. The van der Waals surface area contributed by atoms with Crippen LogP contribution >= 0.6 is 0 Å². The fraction of sp³-hybridized carbons (Fsp3) is 1.00. The Morgan fingerprint density at radius 3 is 2.15 bits per heavy atom. The number of hydrogen-bond donors (Lipinski definition) is 8. The Kier molecular flexibility index (Phi) is 8.08. The Morgan fingerprint density at radius 2 is 1.54 bits per heavy atom. The van der Waals surface area contributed by atoms with E-state index in [4.69, 9.17) is 29.2 Å². The Bertz CT molecular complexity index is 423. The Balaban J connectivity index is 1.92. The number of aliphatic hydroxyl groups excluding tert-OH is 8. The van der Waals surface area contributed by atoms with Crippen LogP contribution in [0.4, 0.5) is 0 Å². The summed E-state index contributed by atoms with van der Waals surface area (Å²) in [6, 6.07) is 0. The lowest BCUT2D eigenvalue weighted by Gasteiger charge is -2.43. The van der Waals surface area contributed by atoms with Crippen molar-refractivity contribution in [2.75, 3.05) is 26.4 Å². The first-order valence-electron chi connectivity index (χ1n) is 8.14. The molecule has 12 heteroatoms.